The topological polar surface area (TPSA) is 27.6 Å². The Balaban J connectivity index is 2.16. The van der Waals surface area contributed by atoms with Gasteiger partial charge in [-0.2, -0.15) is 0 Å². The van der Waals surface area contributed by atoms with E-state index in [4.69, 9.17) is 4.99 Å². The van der Waals surface area contributed by atoms with E-state index in [2.05, 4.69) is 35.2 Å². The SMILES string of the molecule is C=C(C)c1sccc1/N=C(\C)N1CCNCC1. The second-order valence-electron chi connectivity index (χ2n) is 4.31. The summed E-state index contributed by atoms with van der Waals surface area (Å²) in [6, 6.07) is 2.07. The van der Waals surface area contributed by atoms with Gasteiger partial charge in [0.15, 0.2) is 0 Å². The van der Waals surface area contributed by atoms with E-state index in [0.29, 0.717) is 0 Å². The van der Waals surface area contributed by atoms with Crippen LogP contribution < -0.4 is 5.32 Å². The number of nitrogens with zero attached hydrogens (tertiary/aromatic N) is 2. The first-order chi connectivity index (χ1) is 8.18. The van der Waals surface area contributed by atoms with E-state index in [1.807, 2.05) is 6.92 Å². The molecule has 1 N–H and O–H groups in total. The van der Waals surface area contributed by atoms with E-state index in [-0.39, 0.29) is 0 Å². The van der Waals surface area contributed by atoms with Crippen LogP contribution in [-0.4, -0.2) is 36.9 Å². The molecule has 1 saturated heterocycles. The molecule has 2 heterocycles. The summed E-state index contributed by atoms with van der Waals surface area (Å²) in [6.07, 6.45) is 0. The summed E-state index contributed by atoms with van der Waals surface area (Å²) in [5.74, 6) is 1.10. The quantitative estimate of drug-likeness (QED) is 0.644. The summed E-state index contributed by atoms with van der Waals surface area (Å²) in [4.78, 5) is 8.25. The van der Waals surface area contributed by atoms with Crippen molar-refractivity contribution in [3.8, 4) is 0 Å². The standard InChI is InChI=1S/C13H19N3S/c1-10(2)13-12(4-9-17-13)15-11(3)16-7-5-14-6-8-16/h4,9,14H,1,5-8H2,2-3H3/b15-11+. The summed E-state index contributed by atoms with van der Waals surface area (Å²) < 4.78 is 0. The number of amidine groups is 1. The molecular weight excluding hydrogens is 230 g/mol. The van der Waals surface area contributed by atoms with Crippen molar-refractivity contribution in [3.63, 3.8) is 0 Å². The monoisotopic (exact) mass is 249 g/mol. The number of aliphatic imine (C=N–C) groups is 1. The molecule has 1 aromatic rings. The highest BCUT2D eigenvalue weighted by Crippen LogP contribution is 2.31. The van der Waals surface area contributed by atoms with Crippen molar-refractivity contribution in [1.29, 1.82) is 0 Å². The summed E-state index contributed by atoms with van der Waals surface area (Å²) in [5.41, 5.74) is 2.14. The van der Waals surface area contributed by atoms with Crippen LogP contribution in [-0.2, 0) is 0 Å². The fraction of sp³-hybridized carbons (Fsp3) is 0.462. The lowest BCUT2D eigenvalue weighted by molar-refractivity contribution is 0.356. The first-order valence-corrected chi connectivity index (χ1v) is 6.81. The van der Waals surface area contributed by atoms with Crippen LogP contribution in [0.1, 0.15) is 18.7 Å². The molecule has 92 valence electrons. The van der Waals surface area contributed by atoms with E-state index < -0.39 is 0 Å². The van der Waals surface area contributed by atoms with Crippen LogP contribution in [0, 0.1) is 0 Å². The second-order valence-corrected chi connectivity index (χ2v) is 5.23. The van der Waals surface area contributed by atoms with Crippen LogP contribution >= 0.6 is 11.3 Å². The van der Waals surface area contributed by atoms with Crippen LogP contribution in [0.2, 0.25) is 0 Å². The van der Waals surface area contributed by atoms with Crippen molar-refractivity contribution in [3.05, 3.63) is 22.9 Å². The molecule has 0 spiro atoms. The van der Waals surface area contributed by atoms with Crippen LogP contribution in [0.25, 0.3) is 5.57 Å². The molecule has 2 rings (SSSR count). The lowest BCUT2D eigenvalue weighted by atomic mass is 10.2. The third-order valence-electron chi connectivity index (χ3n) is 2.89. The van der Waals surface area contributed by atoms with Crippen molar-refractivity contribution in [1.82, 2.24) is 10.2 Å². The van der Waals surface area contributed by atoms with Gasteiger partial charge in [0, 0.05) is 26.2 Å². The molecule has 3 nitrogen and oxygen atoms in total. The first kappa shape index (κ1) is 12.3. The van der Waals surface area contributed by atoms with Gasteiger partial charge in [-0.1, -0.05) is 6.58 Å². The van der Waals surface area contributed by atoms with E-state index in [9.17, 15) is 0 Å². The molecule has 0 saturated carbocycles. The molecule has 1 aliphatic rings. The molecule has 4 heteroatoms. The van der Waals surface area contributed by atoms with E-state index >= 15 is 0 Å². The van der Waals surface area contributed by atoms with Gasteiger partial charge in [-0.25, -0.2) is 4.99 Å². The van der Waals surface area contributed by atoms with Crippen LogP contribution in [0.3, 0.4) is 0 Å². The summed E-state index contributed by atoms with van der Waals surface area (Å²) in [5, 5.41) is 5.43. The van der Waals surface area contributed by atoms with Gasteiger partial charge < -0.3 is 10.2 Å². The molecule has 17 heavy (non-hydrogen) atoms. The Kier molecular flexibility index (Phi) is 3.97. The third kappa shape index (κ3) is 2.96. The van der Waals surface area contributed by atoms with Gasteiger partial charge in [-0.05, 0) is 30.9 Å². The predicted octanol–water partition coefficient (Wildman–Crippen LogP) is 2.74. The molecule has 0 aromatic carbocycles. The Morgan fingerprint density at radius 2 is 2.12 bits per heavy atom. The van der Waals surface area contributed by atoms with Crippen molar-refractivity contribution < 1.29 is 0 Å². The molecule has 0 aliphatic carbocycles. The van der Waals surface area contributed by atoms with Crippen molar-refractivity contribution in [2.75, 3.05) is 26.2 Å². The zero-order valence-corrected chi connectivity index (χ0v) is 11.3. The van der Waals surface area contributed by atoms with E-state index in [1.165, 1.54) is 4.88 Å². The molecule has 0 radical (unpaired) electrons. The second kappa shape index (κ2) is 5.47. The number of allylic oxidation sites excluding steroid dienone is 1. The maximum absolute atomic E-state index is 4.73. The molecule has 1 fully saturated rings. The minimum absolute atomic E-state index is 1.04. The molecule has 1 aliphatic heterocycles. The number of nitrogens with one attached hydrogen (secondary N) is 1. The third-order valence-corrected chi connectivity index (χ3v) is 3.95. The van der Waals surface area contributed by atoms with Gasteiger partial charge in [-0.15, -0.1) is 11.3 Å². The van der Waals surface area contributed by atoms with Crippen LogP contribution in [0.5, 0.6) is 0 Å². The van der Waals surface area contributed by atoms with Crippen LogP contribution in [0.4, 0.5) is 5.69 Å². The van der Waals surface area contributed by atoms with Crippen molar-refractivity contribution >= 4 is 28.4 Å². The highest BCUT2D eigenvalue weighted by molar-refractivity contribution is 7.11. The number of thiophene rings is 1. The Labute approximate surface area is 107 Å². The molecule has 1 aromatic heterocycles. The molecule has 0 unspecified atom stereocenters. The average molecular weight is 249 g/mol. The van der Waals surface area contributed by atoms with E-state index in [0.717, 1.165) is 43.3 Å². The molecular formula is C13H19N3S. The van der Waals surface area contributed by atoms with E-state index in [1.54, 1.807) is 11.3 Å². The van der Waals surface area contributed by atoms with Gasteiger partial charge in [-0.3, -0.25) is 0 Å². The average Bonchev–Trinajstić information content (AvgIpc) is 2.78. The highest BCUT2D eigenvalue weighted by atomic mass is 32.1. The van der Waals surface area contributed by atoms with Gasteiger partial charge in [0.1, 0.15) is 5.84 Å². The fourth-order valence-electron chi connectivity index (χ4n) is 1.94. The van der Waals surface area contributed by atoms with Gasteiger partial charge in [0.05, 0.1) is 10.6 Å². The largest absolute Gasteiger partial charge is 0.358 e. The number of hydrogen-bond donors (Lipinski definition) is 1. The van der Waals surface area contributed by atoms with Crippen LogP contribution in [0.15, 0.2) is 23.0 Å². The minimum atomic E-state index is 1.04. The Hall–Kier alpha value is -1.13. The van der Waals surface area contributed by atoms with Crippen molar-refractivity contribution in [2.24, 2.45) is 4.99 Å². The first-order valence-electron chi connectivity index (χ1n) is 5.93. The highest BCUT2D eigenvalue weighted by Gasteiger charge is 2.11. The fourth-order valence-corrected chi connectivity index (χ4v) is 2.71. The number of piperazine rings is 1. The lowest BCUT2D eigenvalue weighted by Gasteiger charge is -2.28. The smallest absolute Gasteiger partial charge is 0.102 e. The summed E-state index contributed by atoms with van der Waals surface area (Å²) in [6.45, 7) is 12.3. The molecule has 0 bridgehead atoms. The normalized spacial score (nSPS) is 17.3. The van der Waals surface area contributed by atoms with Gasteiger partial charge in [0.2, 0.25) is 0 Å². The summed E-state index contributed by atoms with van der Waals surface area (Å²) >= 11 is 1.71. The zero-order valence-electron chi connectivity index (χ0n) is 10.5. The maximum Gasteiger partial charge on any atom is 0.102 e. The van der Waals surface area contributed by atoms with Crippen molar-refractivity contribution in [2.45, 2.75) is 13.8 Å². The maximum atomic E-state index is 4.73. The molecule has 0 atom stereocenters. The number of rotatable bonds is 2. The Morgan fingerprint density at radius 3 is 2.76 bits per heavy atom. The Bertz CT molecular complexity index is 428. The minimum Gasteiger partial charge on any atom is -0.358 e. The van der Waals surface area contributed by atoms with Gasteiger partial charge >= 0.3 is 0 Å². The Morgan fingerprint density at radius 1 is 1.41 bits per heavy atom. The lowest BCUT2D eigenvalue weighted by Crippen LogP contribution is -2.45. The molecule has 0 amide bonds. The van der Waals surface area contributed by atoms with Gasteiger partial charge in [0.25, 0.3) is 0 Å². The number of hydrogen-bond acceptors (Lipinski definition) is 3. The zero-order chi connectivity index (χ0) is 12.3. The summed E-state index contributed by atoms with van der Waals surface area (Å²) in [7, 11) is 0. The predicted molar refractivity (Wildman–Crippen MR) is 76.2 cm³/mol.